The van der Waals surface area contributed by atoms with Crippen LogP contribution in [-0.4, -0.2) is 30.4 Å². The van der Waals surface area contributed by atoms with Crippen molar-refractivity contribution in [3.05, 3.63) is 0 Å². The summed E-state index contributed by atoms with van der Waals surface area (Å²) in [6.07, 6.45) is 12.4. The van der Waals surface area contributed by atoms with Crippen molar-refractivity contribution in [3.63, 3.8) is 0 Å². The van der Waals surface area contributed by atoms with Crippen LogP contribution in [0.25, 0.3) is 0 Å². The summed E-state index contributed by atoms with van der Waals surface area (Å²) in [6.45, 7) is 4.86. The summed E-state index contributed by atoms with van der Waals surface area (Å²) in [6, 6.07) is 0.469. The van der Waals surface area contributed by atoms with Gasteiger partial charge in [-0.25, -0.2) is 0 Å². The van der Waals surface area contributed by atoms with Gasteiger partial charge in [0.15, 0.2) is 0 Å². The van der Waals surface area contributed by atoms with Crippen LogP contribution in [0.3, 0.4) is 0 Å². The predicted molar refractivity (Wildman–Crippen MR) is 103 cm³/mol. The van der Waals surface area contributed by atoms with Crippen LogP contribution in [-0.2, 0) is 14.3 Å². The lowest BCUT2D eigenvalue weighted by Crippen LogP contribution is -2.57. The minimum Gasteiger partial charge on any atom is -0.367 e. The van der Waals surface area contributed by atoms with E-state index in [0.29, 0.717) is 23.8 Å². The molecule has 0 spiro atoms. The van der Waals surface area contributed by atoms with E-state index in [9.17, 15) is 9.59 Å². The topological polar surface area (TPSA) is 55.4 Å². The SMILES string of the molecule is C[C@]12CC[C@H]3[C@@H](CCC4OC(C=O)CC[C@@]43C)[C@@H]1CC[C@@H]2C(=O)NC1CC1. The summed E-state index contributed by atoms with van der Waals surface area (Å²) in [5, 5.41) is 3.30. The van der Waals surface area contributed by atoms with Gasteiger partial charge in [0.25, 0.3) is 0 Å². The number of amides is 1. The summed E-state index contributed by atoms with van der Waals surface area (Å²) in [4.78, 5) is 24.1. The Labute approximate surface area is 163 Å². The van der Waals surface area contributed by atoms with Crippen LogP contribution in [0.1, 0.15) is 78.1 Å². The Kier molecular flexibility index (Phi) is 4.24. The lowest BCUT2D eigenvalue weighted by Gasteiger charge is -2.60. The number of carbonyl (C=O) groups excluding carboxylic acids is 2. The maximum Gasteiger partial charge on any atom is 0.223 e. The van der Waals surface area contributed by atoms with Crippen molar-refractivity contribution in [2.24, 2.45) is 34.5 Å². The van der Waals surface area contributed by atoms with Crippen LogP contribution in [0.4, 0.5) is 0 Å². The fourth-order valence-electron chi connectivity index (χ4n) is 7.78. The number of nitrogens with one attached hydrogen (secondary N) is 1. The highest BCUT2D eigenvalue weighted by atomic mass is 16.5. The van der Waals surface area contributed by atoms with Crippen LogP contribution in [0.2, 0.25) is 0 Å². The molecule has 4 nitrogen and oxygen atoms in total. The second kappa shape index (κ2) is 6.30. The Bertz CT molecular complexity index is 631. The largest absolute Gasteiger partial charge is 0.367 e. The Hall–Kier alpha value is -0.900. The monoisotopic (exact) mass is 373 g/mol. The highest BCUT2D eigenvalue weighted by Gasteiger charge is 2.61. The molecule has 2 unspecified atom stereocenters. The zero-order valence-corrected chi connectivity index (χ0v) is 16.9. The lowest BCUT2D eigenvalue weighted by molar-refractivity contribution is -0.195. The van der Waals surface area contributed by atoms with Gasteiger partial charge < -0.3 is 14.8 Å². The molecule has 1 aliphatic heterocycles. The van der Waals surface area contributed by atoms with Gasteiger partial charge >= 0.3 is 0 Å². The molecule has 4 heteroatoms. The Balaban J connectivity index is 1.35. The first kappa shape index (κ1) is 18.1. The van der Waals surface area contributed by atoms with Crippen LogP contribution in [0.15, 0.2) is 0 Å². The van der Waals surface area contributed by atoms with Crippen molar-refractivity contribution in [3.8, 4) is 0 Å². The average Bonchev–Trinajstić information content (AvgIpc) is 3.39. The summed E-state index contributed by atoms with van der Waals surface area (Å²) < 4.78 is 6.21. The molecular weight excluding hydrogens is 338 g/mol. The van der Waals surface area contributed by atoms with Crippen molar-refractivity contribution in [2.75, 3.05) is 0 Å². The number of rotatable bonds is 3. The highest BCUT2D eigenvalue weighted by molar-refractivity contribution is 5.80. The van der Waals surface area contributed by atoms with Crippen LogP contribution >= 0.6 is 0 Å². The number of hydrogen-bond donors (Lipinski definition) is 1. The number of aldehydes is 1. The molecule has 1 saturated heterocycles. The van der Waals surface area contributed by atoms with Crippen LogP contribution in [0, 0.1) is 34.5 Å². The molecule has 4 saturated carbocycles. The van der Waals surface area contributed by atoms with Crippen LogP contribution < -0.4 is 5.32 Å². The molecule has 27 heavy (non-hydrogen) atoms. The lowest BCUT2D eigenvalue weighted by atomic mass is 9.47. The zero-order valence-electron chi connectivity index (χ0n) is 16.9. The molecule has 5 fully saturated rings. The predicted octanol–water partition coefficient (Wildman–Crippen LogP) is 3.87. The van der Waals surface area contributed by atoms with Gasteiger partial charge in [-0.15, -0.1) is 0 Å². The van der Waals surface area contributed by atoms with Gasteiger partial charge in [-0.2, -0.15) is 0 Å². The quantitative estimate of drug-likeness (QED) is 0.764. The maximum absolute atomic E-state index is 12.9. The summed E-state index contributed by atoms with van der Waals surface area (Å²) in [7, 11) is 0. The molecule has 8 atom stereocenters. The number of carbonyl (C=O) groups is 2. The van der Waals surface area contributed by atoms with Gasteiger partial charge in [0.1, 0.15) is 12.4 Å². The smallest absolute Gasteiger partial charge is 0.223 e. The molecule has 5 rings (SSSR count). The number of hydrogen-bond acceptors (Lipinski definition) is 3. The second-order valence-corrected chi connectivity index (χ2v) is 10.8. The van der Waals surface area contributed by atoms with E-state index >= 15 is 0 Å². The van der Waals surface area contributed by atoms with Gasteiger partial charge in [-0.1, -0.05) is 13.8 Å². The van der Waals surface area contributed by atoms with Crippen LogP contribution in [0.5, 0.6) is 0 Å². The summed E-state index contributed by atoms with van der Waals surface area (Å²) >= 11 is 0. The highest BCUT2D eigenvalue weighted by Crippen LogP contribution is 2.66. The van der Waals surface area contributed by atoms with Crippen molar-refractivity contribution in [1.82, 2.24) is 5.32 Å². The Morgan fingerprint density at radius 2 is 1.67 bits per heavy atom. The molecule has 5 aliphatic rings. The normalized spacial score (nSPS) is 51.6. The molecule has 150 valence electrons. The van der Waals surface area contributed by atoms with Gasteiger partial charge in [-0.3, -0.25) is 4.79 Å². The molecule has 0 radical (unpaired) electrons. The molecule has 4 aliphatic carbocycles. The zero-order chi connectivity index (χ0) is 18.8. The number of fused-ring (bicyclic) bond motifs is 5. The van der Waals surface area contributed by atoms with E-state index in [0.717, 1.165) is 37.9 Å². The summed E-state index contributed by atoms with van der Waals surface area (Å²) in [5.74, 6) is 2.69. The van der Waals surface area contributed by atoms with E-state index in [1.807, 2.05) is 0 Å². The first-order valence-corrected chi connectivity index (χ1v) is 11.4. The molecule has 1 N–H and O–H groups in total. The Morgan fingerprint density at radius 1 is 0.926 bits per heavy atom. The number of ether oxygens (including phenoxy) is 1. The third-order valence-corrected chi connectivity index (χ3v) is 9.48. The first-order chi connectivity index (χ1) is 13.0. The summed E-state index contributed by atoms with van der Waals surface area (Å²) in [5.41, 5.74) is 0.405. The van der Waals surface area contributed by atoms with E-state index in [1.54, 1.807) is 0 Å². The molecule has 0 aromatic rings. The van der Waals surface area contributed by atoms with Gasteiger partial charge in [0, 0.05) is 12.0 Å². The average molecular weight is 374 g/mol. The van der Waals surface area contributed by atoms with E-state index in [1.165, 1.54) is 38.5 Å². The second-order valence-electron chi connectivity index (χ2n) is 10.8. The van der Waals surface area contributed by atoms with Gasteiger partial charge in [0.05, 0.1) is 6.10 Å². The molecule has 0 aromatic heterocycles. The third-order valence-electron chi connectivity index (χ3n) is 9.48. The molecule has 0 aromatic carbocycles. The maximum atomic E-state index is 12.9. The molecule has 1 amide bonds. The molecule has 1 heterocycles. The van der Waals surface area contributed by atoms with Crippen molar-refractivity contribution in [1.29, 1.82) is 0 Å². The molecular formula is C23H35NO3. The van der Waals surface area contributed by atoms with E-state index in [4.69, 9.17) is 4.74 Å². The van der Waals surface area contributed by atoms with Gasteiger partial charge in [-0.05, 0) is 92.8 Å². The van der Waals surface area contributed by atoms with E-state index in [2.05, 4.69) is 19.2 Å². The fourth-order valence-corrected chi connectivity index (χ4v) is 7.78. The van der Waals surface area contributed by atoms with Gasteiger partial charge in [0.2, 0.25) is 5.91 Å². The minimum absolute atomic E-state index is 0.185. The first-order valence-electron chi connectivity index (χ1n) is 11.4. The van der Waals surface area contributed by atoms with E-state index < -0.39 is 0 Å². The van der Waals surface area contributed by atoms with Crippen molar-refractivity contribution < 1.29 is 14.3 Å². The van der Waals surface area contributed by atoms with Crippen molar-refractivity contribution in [2.45, 2.75) is 96.3 Å². The fraction of sp³-hybridized carbons (Fsp3) is 0.913. The third kappa shape index (κ3) is 2.73. The van der Waals surface area contributed by atoms with Crippen molar-refractivity contribution >= 4 is 12.2 Å². The standard InChI is InChI=1S/C23H35NO3/c1-22-12-10-18-16(5-8-20-23(18,2)11-9-15(13-25)27-20)17(22)6-7-19(22)21(26)24-14-3-4-14/h13-20H,3-12H2,1-2H3,(H,24,26)/t15?,16-,17-,18-,19+,20?,22-,23+/m0/s1. The molecule has 0 bridgehead atoms. The van der Waals surface area contributed by atoms with E-state index in [-0.39, 0.29) is 29.0 Å². The minimum atomic E-state index is -0.185. The Morgan fingerprint density at radius 3 is 2.41 bits per heavy atom.